The van der Waals surface area contributed by atoms with Crippen LogP contribution in [-0.4, -0.2) is 0 Å². The van der Waals surface area contributed by atoms with Crippen molar-refractivity contribution in [3.63, 3.8) is 0 Å². The number of benzene rings is 2. The Morgan fingerprint density at radius 2 is 1.73 bits per heavy atom. The third-order valence-corrected chi connectivity index (χ3v) is 3.97. The van der Waals surface area contributed by atoms with Gasteiger partial charge in [-0.15, -0.1) is 29.0 Å². The van der Waals surface area contributed by atoms with Gasteiger partial charge >= 0.3 is 0 Å². The van der Waals surface area contributed by atoms with Gasteiger partial charge < -0.3 is 4.42 Å². The second kappa shape index (κ2) is 6.14. The van der Waals surface area contributed by atoms with Gasteiger partial charge in [-0.1, -0.05) is 53.6 Å². The van der Waals surface area contributed by atoms with Crippen LogP contribution in [0, 0.1) is 6.92 Å². The van der Waals surface area contributed by atoms with Gasteiger partial charge in [-0.25, -0.2) is 0 Å². The second-order valence-corrected chi connectivity index (χ2v) is 5.35. The Morgan fingerprint density at radius 1 is 0.909 bits per heavy atom. The molecule has 0 fully saturated rings. The van der Waals surface area contributed by atoms with Crippen molar-refractivity contribution in [1.29, 1.82) is 0 Å². The molecule has 3 aromatic carbocycles. The molecule has 0 aliphatic heterocycles. The Balaban J connectivity index is 0.00000144. The summed E-state index contributed by atoms with van der Waals surface area (Å²) < 4.78 is 5.52. The minimum atomic E-state index is 0. The van der Waals surface area contributed by atoms with Crippen LogP contribution in [0.5, 0.6) is 0 Å². The molecule has 1 nitrogen and oxygen atoms in total. The third-order valence-electron chi connectivity index (χ3n) is 3.97. The Hall–Kier alpha value is -1.79. The molecular formula is C20H15OZr-. The fourth-order valence-electron chi connectivity index (χ4n) is 2.96. The van der Waals surface area contributed by atoms with Gasteiger partial charge in [0.2, 0.25) is 0 Å². The summed E-state index contributed by atoms with van der Waals surface area (Å²) >= 11 is 0. The average Bonchev–Trinajstić information content (AvgIpc) is 3.17. The predicted octanol–water partition coefficient (Wildman–Crippen LogP) is 5.79. The van der Waals surface area contributed by atoms with Crippen LogP contribution < -0.4 is 0 Å². The van der Waals surface area contributed by atoms with Crippen LogP contribution in [0.15, 0.2) is 77.4 Å². The standard InChI is InChI=1S/C20H15O.Zr/c1-14-9-10-16-12-17(19-8-5-11-21-19)13-18(16)20(14)15-6-3-2-4-7-15;/h2-13H,1H3;/q-1;. The molecule has 0 saturated heterocycles. The van der Waals surface area contributed by atoms with Crippen molar-refractivity contribution in [2.75, 3.05) is 0 Å². The maximum atomic E-state index is 5.52. The van der Waals surface area contributed by atoms with Crippen LogP contribution in [-0.2, 0) is 26.2 Å². The van der Waals surface area contributed by atoms with Gasteiger partial charge in [0.05, 0.1) is 12.0 Å². The molecule has 106 valence electrons. The van der Waals surface area contributed by atoms with E-state index in [1.807, 2.05) is 12.1 Å². The van der Waals surface area contributed by atoms with Gasteiger partial charge in [-0.2, -0.15) is 0 Å². The minimum Gasteiger partial charge on any atom is -0.499 e. The number of aryl methyl sites for hydroxylation is 1. The molecule has 22 heavy (non-hydrogen) atoms. The van der Waals surface area contributed by atoms with Gasteiger partial charge in [-0.3, -0.25) is 0 Å². The summed E-state index contributed by atoms with van der Waals surface area (Å²) in [6, 6.07) is 23.3. The molecule has 0 bridgehead atoms. The van der Waals surface area contributed by atoms with E-state index in [0.29, 0.717) is 0 Å². The number of hydrogen-bond donors (Lipinski definition) is 0. The van der Waals surface area contributed by atoms with Crippen molar-refractivity contribution in [2.24, 2.45) is 0 Å². The molecule has 0 unspecified atom stereocenters. The largest absolute Gasteiger partial charge is 0.499 e. The number of fused-ring (bicyclic) bond motifs is 1. The summed E-state index contributed by atoms with van der Waals surface area (Å²) in [5.41, 5.74) is 5.01. The molecule has 1 heterocycles. The van der Waals surface area contributed by atoms with Gasteiger partial charge in [-0.05, 0) is 24.1 Å². The molecular weight excluding hydrogens is 347 g/mol. The van der Waals surface area contributed by atoms with Crippen LogP contribution in [0.4, 0.5) is 0 Å². The molecule has 0 aliphatic carbocycles. The molecule has 0 spiro atoms. The van der Waals surface area contributed by atoms with Gasteiger partial charge in [0.25, 0.3) is 0 Å². The zero-order valence-electron chi connectivity index (χ0n) is 12.3. The van der Waals surface area contributed by atoms with E-state index < -0.39 is 0 Å². The Morgan fingerprint density at radius 3 is 2.45 bits per heavy atom. The first-order valence-electron chi connectivity index (χ1n) is 7.12. The maximum absolute atomic E-state index is 5.52. The molecule has 0 saturated carbocycles. The van der Waals surface area contributed by atoms with E-state index in [2.05, 4.69) is 61.5 Å². The third kappa shape index (κ3) is 2.53. The number of furan rings is 1. The van der Waals surface area contributed by atoms with E-state index in [4.69, 9.17) is 4.42 Å². The number of rotatable bonds is 2. The predicted molar refractivity (Wildman–Crippen MR) is 87.4 cm³/mol. The molecule has 0 amide bonds. The SMILES string of the molecule is Cc1ccc2[cH-]c(-c3ccco3)cc2c1-c1ccccc1.[Zr]. The Bertz CT molecular complexity index is 886. The normalized spacial score (nSPS) is 10.6. The summed E-state index contributed by atoms with van der Waals surface area (Å²) in [5.74, 6) is 0.919. The molecule has 0 atom stereocenters. The van der Waals surface area contributed by atoms with Gasteiger partial charge in [0.1, 0.15) is 0 Å². The fraction of sp³-hybridized carbons (Fsp3) is 0.0500. The minimum absolute atomic E-state index is 0. The van der Waals surface area contributed by atoms with Crippen LogP contribution in [0.25, 0.3) is 33.2 Å². The first kappa shape index (κ1) is 15.1. The summed E-state index contributed by atoms with van der Waals surface area (Å²) in [4.78, 5) is 0. The molecule has 0 N–H and O–H groups in total. The van der Waals surface area contributed by atoms with Crippen molar-refractivity contribution < 1.29 is 30.6 Å². The van der Waals surface area contributed by atoms with Crippen LogP contribution >= 0.6 is 0 Å². The molecule has 4 rings (SSSR count). The summed E-state index contributed by atoms with van der Waals surface area (Å²) in [6.07, 6.45) is 1.72. The first-order chi connectivity index (χ1) is 10.3. The van der Waals surface area contributed by atoms with Crippen molar-refractivity contribution in [1.82, 2.24) is 0 Å². The Kier molecular flexibility index (Phi) is 4.22. The van der Waals surface area contributed by atoms with Gasteiger partial charge in [0.15, 0.2) is 0 Å². The summed E-state index contributed by atoms with van der Waals surface area (Å²) in [7, 11) is 0. The van der Waals surface area contributed by atoms with Crippen LogP contribution in [0.2, 0.25) is 0 Å². The van der Waals surface area contributed by atoms with Crippen molar-refractivity contribution in [3.8, 4) is 22.5 Å². The van der Waals surface area contributed by atoms with E-state index >= 15 is 0 Å². The summed E-state index contributed by atoms with van der Waals surface area (Å²) in [5, 5.41) is 2.54. The first-order valence-corrected chi connectivity index (χ1v) is 7.12. The Labute approximate surface area is 149 Å². The molecule has 4 aromatic rings. The average molecular weight is 363 g/mol. The topological polar surface area (TPSA) is 13.1 Å². The van der Waals surface area contributed by atoms with E-state index in [1.54, 1.807) is 6.26 Å². The van der Waals surface area contributed by atoms with Crippen molar-refractivity contribution >= 4 is 10.8 Å². The van der Waals surface area contributed by atoms with Crippen LogP contribution in [0.3, 0.4) is 0 Å². The molecule has 1 aromatic heterocycles. The number of hydrogen-bond acceptors (Lipinski definition) is 1. The molecule has 2 heteroatoms. The quantitative estimate of drug-likeness (QED) is 0.411. The van der Waals surface area contributed by atoms with Crippen molar-refractivity contribution in [2.45, 2.75) is 6.92 Å². The fourth-order valence-corrected chi connectivity index (χ4v) is 2.96. The monoisotopic (exact) mass is 361 g/mol. The molecule has 0 radical (unpaired) electrons. The van der Waals surface area contributed by atoms with E-state index in [0.717, 1.165) is 11.3 Å². The van der Waals surface area contributed by atoms with Crippen molar-refractivity contribution in [3.05, 3.63) is 78.6 Å². The van der Waals surface area contributed by atoms with Crippen LogP contribution in [0.1, 0.15) is 5.56 Å². The van der Waals surface area contributed by atoms with E-state index in [-0.39, 0.29) is 26.2 Å². The summed E-state index contributed by atoms with van der Waals surface area (Å²) in [6.45, 7) is 2.17. The van der Waals surface area contributed by atoms with E-state index in [1.165, 1.54) is 27.5 Å². The molecule has 0 aliphatic rings. The zero-order valence-corrected chi connectivity index (χ0v) is 14.8. The van der Waals surface area contributed by atoms with Gasteiger partial charge in [0, 0.05) is 26.2 Å². The maximum Gasteiger partial charge on any atom is 0.0796 e. The van der Waals surface area contributed by atoms with E-state index in [9.17, 15) is 0 Å². The smallest absolute Gasteiger partial charge is 0.0796 e. The zero-order chi connectivity index (χ0) is 14.2. The second-order valence-electron chi connectivity index (χ2n) is 5.35.